The molecule has 0 bridgehead atoms. The predicted octanol–water partition coefficient (Wildman–Crippen LogP) is 6.17. The second-order valence-corrected chi connectivity index (χ2v) is 8.37. The molecule has 2 aromatic heterocycles. The molecule has 0 spiro atoms. The number of hydrogen-bond donors (Lipinski definition) is 1. The van der Waals surface area contributed by atoms with E-state index in [1.54, 1.807) is 18.2 Å². The lowest BCUT2D eigenvalue weighted by molar-refractivity contribution is 0.303. The summed E-state index contributed by atoms with van der Waals surface area (Å²) in [6.07, 6.45) is 1.44. The fourth-order valence-electron chi connectivity index (χ4n) is 3.79. The van der Waals surface area contributed by atoms with Crippen LogP contribution in [-0.2, 0) is 6.61 Å². The Morgan fingerprint density at radius 1 is 0.914 bits per heavy atom. The van der Waals surface area contributed by atoms with E-state index in [-0.39, 0.29) is 6.04 Å². The molecule has 8 heteroatoms. The molecule has 0 aliphatic rings. The van der Waals surface area contributed by atoms with Gasteiger partial charge >= 0.3 is 0 Å². The van der Waals surface area contributed by atoms with Gasteiger partial charge in [0.1, 0.15) is 47.5 Å². The van der Waals surface area contributed by atoms with Gasteiger partial charge in [0.05, 0.1) is 5.39 Å². The Balaban J connectivity index is 1.37. The molecule has 0 saturated carbocycles. The monoisotopic (exact) mass is 469 g/mol. The lowest BCUT2D eigenvalue weighted by atomic mass is 10.1. The van der Waals surface area contributed by atoms with Crippen molar-refractivity contribution in [2.45, 2.75) is 26.5 Å². The average molecular weight is 470 g/mol. The van der Waals surface area contributed by atoms with Gasteiger partial charge in [-0.25, -0.2) is 19.0 Å². The maximum Gasteiger partial charge on any atom is 0.164 e. The molecular weight excluding hydrogens is 445 g/mol. The number of aromatic nitrogens is 4. The fraction of sp³-hybridized carbons (Fsp3) is 0.148. The molecule has 5 aromatic rings. The first-order chi connectivity index (χ1) is 17.0. The van der Waals surface area contributed by atoms with E-state index in [0.29, 0.717) is 46.4 Å². The first kappa shape index (κ1) is 22.3. The molecule has 5 rings (SSSR count). The van der Waals surface area contributed by atoms with Gasteiger partial charge in [0.25, 0.3) is 0 Å². The Bertz CT molecular complexity index is 1470. The van der Waals surface area contributed by atoms with E-state index in [0.717, 1.165) is 11.1 Å². The first-order valence-electron chi connectivity index (χ1n) is 11.2. The molecule has 0 saturated heterocycles. The van der Waals surface area contributed by atoms with Crippen LogP contribution in [-0.4, -0.2) is 19.7 Å². The van der Waals surface area contributed by atoms with Gasteiger partial charge in [0.15, 0.2) is 5.65 Å². The quantitative estimate of drug-likeness (QED) is 0.307. The summed E-state index contributed by atoms with van der Waals surface area (Å²) >= 11 is 0. The number of nitrogens with zero attached hydrogens (tertiary/aromatic N) is 4. The summed E-state index contributed by atoms with van der Waals surface area (Å²) in [5.74, 6) is 1.21. The predicted molar refractivity (Wildman–Crippen MR) is 133 cm³/mol. The van der Waals surface area contributed by atoms with Crippen molar-refractivity contribution in [1.82, 2.24) is 19.7 Å². The highest BCUT2D eigenvalue weighted by molar-refractivity contribution is 5.98. The van der Waals surface area contributed by atoms with E-state index in [1.165, 1.54) is 18.5 Å². The molecule has 35 heavy (non-hydrogen) atoms. The summed E-state index contributed by atoms with van der Waals surface area (Å²) in [5, 5.41) is 5.44. The summed E-state index contributed by atoms with van der Waals surface area (Å²) in [6, 6.07) is 21.5. The maximum atomic E-state index is 14.2. The molecule has 0 aliphatic heterocycles. The summed E-state index contributed by atoms with van der Waals surface area (Å²) in [5.41, 5.74) is 9.37. The molecule has 2 N–H and O–H groups in total. The molecular formula is C27H24FN5O2. The van der Waals surface area contributed by atoms with Gasteiger partial charge in [0.2, 0.25) is 0 Å². The number of fused-ring (bicyclic) bond motifs is 1. The van der Waals surface area contributed by atoms with Crippen LogP contribution >= 0.6 is 0 Å². The highest BCUT2D eigenvalue weighted by atomic mass is 19.1. The lowest BCUT2D eigenvalue weighted by Gasteiger charge is -2.10. The zero-order valence-corrected chi connectivity index (χ0v) is 19.4. The summed E-state index contributed by atoms with van der Waals surface area (Å²) in [7, 11) is 0. The van der Waals surface area contributed by atoms with E-state index in [9.17, 15) is 4.39 Å². The molecule has 0 atom stereocenters. The van der Waals surface area contributed by atoms with Crippen LogP contribution in [0.2, 0.25) is 0 Å². The number of nitrogen functional groups attached to an aromatic ring is 1. The second kappa shape index (κ2) is 9.42. The van der Waals surface area contributed by atoms with Gasteiger partial charge in [0, 0.05) is 29.8 Å². The largest absolute Gasteiger partial charge is 0.489 e. The number of benzene rings is 3. The number of hydrogen-bond acceptors (Lipinski definition) is 6. The van der Waals surface area contributed by atoms with Crippen LogP contribution in [0.3, 0.4) is 0 Å². The normalized spacial score (nSPS) is 11.2. The lowest BCUT2D eigenvalue weighted by Crippen LogP contribution is -2.04. The summed E-state index contributed by atoms with van der Waals surface area (Å²) in [4.78, 5) is 8.50. The topological polar surface area (TPSA) is 88.1 Å². The van der Waals surface area contributed by atoms with Gasteiger partial charge in [-0.3, -0.25) is 0 Å². The zero-order chi connectivity index (χ0) is 24.4. The molecule has 0 radical (unpaired) electrons. The zero-order valence-electron chi connectivity index (χ0n) is 19.4. The van der Waals surface area contributed by atoms with Gasteiger partial charge in [-0.15, -0.1) is 0 Å². The van der Waals surface area contributed by atoms with Crippen molar-refractivity contribution in [3.05, 3.63) is 90.5 Å². The van der Waals surface area contributed by atoms with Gasteiger partial charge in [-0.2, -0.15) is 5.10 Å². The Labute approximate surface area is 202 Å². The molecule has 7 nitrogen and oxygen atoms in total. The van der Waals surface area contributed by atoms with Gasteiger partial charge in [-0.1, -0.05) is 30.3 Å². The molecule has 176 valence electrons. The first-order valence-corrected chi connectivity index (χ1v) is 11.2. The maximum absolute atomic E-state index is 14.2. The fourth-order valence-corrected chi connectivity index (χ4v) is 3.79. The number of anilines is 1. The Kier molecular flexibility index (Phi) is 6.01. The van der Waals surface area contributed by atoms with Crippen molar-refractivity contribution in [2.75, 3.05) is 5.73 Å². The van der Waals surface area contributed by atoms with Crippen molar-refractivity contribution in [1.29, 1.82) is 0 Å². The van der Waals surface area contributed by atoms with E-state index in [2.05, 4.69) is 9.97 Å². The van der Waals surface area contributed by atoms with Crippen molar-refractivity contribution < 1.29 is 13.9 Å². The SMILES string of the molecule is CC(C)n1nc(-c2ccc(Oc3cc(F)cc(OCc4ccccc4)c3)cc2)c2c(N)ncnc21. The van der Waals surface area contributed by atoms with Crippen molar-refractivity contribution in [3.8, 4) is 28.5 Å². The number of nitrogens with two attached hydrogens (primary N) is 1. The Hall–Kier alpha value is -4.46. The number of rotatable bonds is 7. The van der Waals surface area contributed by atoms with Crippen LogP contribution in [0.5, 0.6) is 17.2 Å². The molecule has 0 unspecified atom stereocenters. The van der Waals surface area contributed by atoms with Crippen LogP contribution in [0, 0.1) is 5.82 Å². The standard InChI is InChI=1S/C27H24FN5O2/c1-17(2)33-27-24(26(29)30-16-31-27)25(32-33)19-8-10-21(11-9-19)35-23-13-20(28)12-22(14-23)34-15-18-6-4-3-5-7-18/h3-14,16-17H,15H2,1-2H3,(H2,29,30,31). The highest BCUT2D eigenvalue weighted by Crippen LogP contribution is 2.33. The Morgan fingerprint density at radius 2 is 1.66 bits per heavy atom. The van der Waals surface area contributed by atoms with E-state index < -0.39 is 5.82 Å². The van der Waals surface area contributed by atoms with E-state index in [4.69, 9.17) is 20.3 Å². The van der Waals surface area contributed by atoms with Crippen LogP contribution in [0.25, 0.3) is 22.3 Å². The van der Waals surface area contributed by atoms with Crippen LogP contribution in [0.1, 0.15) is 25.5 Å². The molecule has 3 aromatic carbocycles. The third kappa shape index (κ3) is 4.77. The summed E-state index contributed by atoms with van der Waals surface area (Å²) < 4.78 is 27.7. The molecule has 0 aliphatic carbocycles. The summed E-state index contributed by atoms with van der Waals surface area (Å²) in [6.45, 7) is 4.40. The van der Waals surface area contributed by atoms with Crippen LogP contribution in [0.15, 0.2) is 79.1 Å². The third-order valence-electron chi connectivity index (χ3n) is 5.46. The van der Waals surface area contributed by atoms with E-state index >= 15 is 0 Å². The third-order valence-corrected chi connectivity index (χ3v) is 5.46. The Morgan fingerprint density at radius 3 is 2.40 bits per heavy atom. The number of ether oxygens (including phenoxy) is 2. The second-order valence-electron chi connectivity index (χ2n) is 8.37. The van der Waals surface area contributed by atoms with Gasteiger partial charge in [-0.05, 0) is 43.7 Å². The molecule has 2 heterocycles. The smallest absolute Gasteiger partial charge is 0.164 e. The minimum Gasteiger partial charge on any atom is -0.489 e. The van der Waals surface area contributed by atoms with Gasteiger partial charge < -0.3 is 15.2 Å². The minimum atomic E-state index is -0.441. The van der Waals surface area contributed by atoms with Crippen LogP contribution < -0.4 is 15.2 Å². The molecule has 0 fully saturated rings. The number of halogens is 1. The van der Waals surface area contributed by atoms with Crippen LogP contribution in [0.4, 0.5) is 10.2 Å². The average Bonchev–Trinajstić information content (AvgIpc) is 3.25. The van der Waals surface area contributed by atoms with Crippen molar-refractivity contribution >= 4 is 16.9 Å². The van der Waals surface area contributed by atoms with Crippen molar-refractivity contribution in [3.63, 3.8) is 0 Å². The highest BCUT2D eigenvalue weighted by Gasteiger charge is 2.18. The van der Waals surface area contributed by atoms with E-state index in [1.807, 2.05) is 61.0 Å². The minimum absolute atomic E-state index is 0.106. The van der Waals surface area contributed by atoms with Crippen molar-refractivity contribution in [2.24, 2.45) is 0 Å². The molecule has 0 amide bonds.